The van der Waals surface area contributed by atoms with Crippen molar-refractivity contribution in [2.45, 2.75) is 38.0 Å². The van der Waals surface area contributed by atoms with E-state index < -0.39 is 12.0 Å². The third-order valence-corrected chi connectivity index (χ3v) is 9.36. The summed E-state index contributed by atoms with van der Waals surface area (Å²) < 4.78 is 5.64. The maximum atomic E-state index is 13.6. The highest BCUT2D eigenvalue weighted by Crippen LogP contribution is 2.27. The fourth-order valence-corrected chi connectivity index (χ4v) is 7.01. The van der Waals surface area contributed by atoms with Crippen LogP contribution in [0.3, 0.4) is 0 Å². The van der Waals surface area contributed by atoms with Crippen LogP contribution in [0.4, 0.5) is 0 Å². The summed E-state index contributed by atoms with van der Waals surface area (Å²) in [5.41, 5.74) is 9.18. The van der Waals surface area contributed by atoms with Crippen molar-refractivity contribution in [3.63, 3.8) is 0 Å². The molecule has 0 aliphatic rings. The lowest BCUT2D eigenvalue weighted by atomic mass is 9.99. The monoisotopic (exact) mass is 582 g/mol. The molecule has 3 aromatic carbocycles. The van der Waals surface area contributed by atoms with Gasteiger partial charge in [0.15, 0.2) is 0 Å². The van der Waals surface area contributed by atoms with Crippen molar-refractivity contribution in [3.8, 4) is 0 Å². The van der Waals surface area contributed by atoms with Crippen LogP contribution in [0.2, 0.25) is 0 Å². The molecule has 3 N–H and O–H groups in total. The Morgan fingerprint density at radius 1 is 0.795 bits per heavy atom. The topological polar surface area (TPSA) is 81.4 Å². The average molecular weight is 583 g/mol. The molecule has 8 heteroatoms. The Balaban J connectivity index is 1.66. The number of carbonyl (C=O) groups is 2. The number of nitrogens with two attached hydrogens (primary N) is 1. The summed E-state index contributed by atoms with van der Waals surface area (Å²) in [5, 5.41) is 3.04. The Hall–Kier alpha value is -2.39. The number of carbonyl (C=O) groups excluding carboxylic acids is 2. The summed E-state index contributed by atoms with van der Waals surface area (Å²) in [6, 6.07) is 28.6. The van der Waals surface area contributed by atoms with Gasteiger partial charge in [0.2, 0.25) is 5.91 Å². The molecule has 5 nitrogen and oxygen atoms in total. The largest absolute Gasteiger partial charge is 0.459 e. The van der Waals surface area contributed by atoms with Crippen LogP contribution >= 0.6 is 33.3 Å². The fourth-order valence-electron chi connectivity index (χ4n) is 3.91. The molecule has 1 unspecified atom stereocenters. The van der Waals surface area contributed by atoms with Gasteiger partial charge in [-0.15, -0.1) is 0 Å². The SMILES string of the molecule is CSCC[C@H](N)CSSC[C@@H](Cc1ccccc1)C(=O)NC(Cc1ccccc1)C(=O)OCc1ccccc1. The molecule has 3 rings (SSSR count). The number of ether oxygens (including phenoxy) is 1. The van der Waals surface area contributed by atoms with E-state index in [-0.39, 0.29) is 24.5 Å². The number of thioether (sulfide) groups is 1. The maximum absolute atomic E-state index is 13.6. The van der Waals surface area contributed by atoms with Crippen molar-refractivity contribution in [1.82, 2.24) is 5.32 Å². The summed E-state index contributed by atoms with van der Waals surface area (Å²) in [4.78, 5) is 26.8. The molecule has 0 spiro atoms. The molecule has 0 aliphatic heterocycles. The van der Waals surface area contributed by atoms with Crippen molar-refractivity contribution >= 4 is 45.2 Å². The van der Waals surface area contributed by atoms with Gasteiger partial charge in [0.25, 0.3) is 0 Å². The van der Waals surface area contributed by atoms with E-state index in [1.807, 2.05) is 91.0 Å². The van der Waals surface area contributed by atoms with E-state index in [2.05, 4.69) is 11.6 Å². The van der Waals surface area contributed by atoms with Gasteiger partial charge in [-0.2, -0.15) is 11.8 Å². The first-order valence-electron chi connectivity index (χ1n) is 13.1. The number of hydrogen-bond donors (Lipinski definition) is 2. The van der Waals surface area contributed by atoms with E-state index >= 15 is 0 Å². The van der Waals surface area contributed by atoms with Crippen LogP contribution in [-0.2, 0) is 33.8 Å². The number of esters is 1. The van der Waals surface area contributed by atoms with Crippen LogP contribution in [0.25, 0.3) is 0 Å². The lowest BCUT2D eigenvalue weighted by Gasteiger charge is -2.22. The van der Waals surface area contributed by atoms with Crippen molar-refractivity contribution in [2.75, 3.05) is 23.5 Å². The van der Waals surface area contributed by atoms with Gasteiger partial charge in [0.1, 0.15) is 12.6 Å². The molecule has 0 saturated carbocycles. The lowest BCUT2D eigenvalue weighted by molar-refractivity contribution is -0.149. The lowest BCUT2D eigenvalue weighted by Crippen LogP contribution is -2.46. The third kappa shape index (κ3) is 12.1. The van der Waals surface area contributed by atoms with Crippen LogP contribution in [0.15, 0.2) is 91.0 Å². The highest BCUT2D eigenvalue weighted by atomic mass is 33.1. The first kappa shape index (κ1) is 31.1. The molecule has 3 atom stereocenters. The Bertz CT molecular complexity index is 1100. The number of benzene rings is 3. The van der Waals surface area contributed by atoms with Crippen LogP contribution < -0.4 is 11.1 Å². The smallest absolute Gasteiger partial charge is 0.329 e. The van der Waals surface area contributed by atoms with E-state index in [9.17, 15) is 9.59 Å². The highest BCUT2D eigenvalue weighted by molar-refractivity contribution is 8.76. The Kier molecular flexibility index (Phi) is 14.4. The summed E-state index contributed by atoms with van der Waals surface area (Å²) in [6.45, 7) is 0.164. The maximum Gasteiger partial charge on any atom is 0.329 e. The minimum atomic E-state index is -0.778. The molecular formula is C31H38N2O3S3. The van der Waals surface area contributed by atoms with E-state index in [0.717, 1.165) is 34.6 Å². The second-order valence-electron chi connectivity index (χ2n) is 9.34. The normalized spacial score (nSPS) is 13.3. The van der Waals surface area contributed by atoms with Gasteiger partial charge in [-0.25, -0.2) is 4.79 Å². The molecule has 3 aromatic rings. The number of hydrogen-bond acceptors (Lipinski definition) is 7. The number of nitrogens with one attached hydrogen (secondary N) is 1. The van der Waals surface area contributed by atoms with Crippen molar-refractivity contribution < 1.29 is 14.3 Å². The van der Waals surface area contributed by atoms with Gasteiger partial charge in [-0.1, -0.05) is 113 Å². The summed E-state index contributed by atoms with van der Waals surface area (Å²) in [7, 11) is 3.38. The van der Waals surface area contributed by atoms with Gasteiger partial charge in [0.05, 0.1) is 5.92 Å². The van der Waals surface area contributed by atoms with Gasteiger partial charge in [0, 0.05) is 24.0 Å². The quantitative estimate of drug-likeness (QED) is 0.119. The number of rotatable bonds is 17. The number of amides is 1. The Morgan fingerprint density at radius 3 is 1.92 bits per heavy atom. The molecule has 0 bridgehead atoms. The highest BCUT2D eigenvalue weighted by Gasteiger charge is 2.27. The molecule has 208 valence electrons. The van der Waals surface area contributed by atoms with Crippen LogP contribution in [0.1, 0.15) is 23.1 Å². The van der Waals surface area contributed by atoms with Crippen molar-refractivity contribution in [2.24, 2.45) is 11.7 Å². The second kappa shape index (κ2) is 18.1. The van der Waals surface area contributed by atoms with Gasteiger partial charge < -0.3 is 15.8 Å². The molecule has 0 saturated heterocycles. The van der Waals surface area contributed by atoms with E-state index in [1.54, 1.807) is 33.3 Å². The molecule has 0 fully saturated rings. The minimum absolute atomic E-state index is 0.142. The minimum Gasteiger partial charge on any atom is -0.459 e. The average Bonchev–Trinajstić information content (AvgIpc) is 2.97. The van der Waals surface area contributed by atoms with Gasteiger partial charge in [-0.05, 0) is 41.5 Å². The first-order chi connectivity index (χ1) is 19.0. The van der Waals surface area contributed by atoms with Gasteiger partial charge >= 0.3 is 5.97 Å². The fraction of sp³-hybridized carbons (Fsp3) is 0.355. The first-order valence-corrected chi connectivity index (χ1v) is 17.0. The van der Waals surface area contributed by atoms with Gasteiger partial charge in [-0.3, -0.25) is 4.79 Å². The van der Waals surface area contributed by atoms with Crippen LogP contribution in [-0.4, -0.2) is 47.5 Å². The second-order valence-corrected chi connectivity index (χ2v) is 12.9. The van der Waals surface area contributed by atoms with E-state index in [0.29, 0.717) is 18.6 Å². The van der Waals surface area contributed by atoms with Crippen LogP contribution in [0.5, 0.6) is 0 Å². The Morgan fingerprint density at radius 2 is 1.33 bits per heavy atom. The zero-order chi connectivity index (χ0) is 27.7. The molecule has 0 heterocycles. The Labute approximate surface area is 244 Å². The zero-order valence-corrected chi connectivity index (χ0v) is 24.8. The molecule has 0 radical (unpaired) electrons. The molecular weight excluding hydrogens is 545 g/mol. The van der Waals surface area contributed by atoms with E-state index in [4.69, 9.17) is 10.5 Å². The summed E-state index contributed by atoms with van der Waals surface area (Å²) in [5.74, 6) is 1.64. The zero-order valence-electron chi connectivity index (χ0n) is 22.4. The summed E-state index contributed by atoms with van der Waals surface area (Å²) >= 11 is 1.80. The predicted molar refractivity (Wildman–Crippen MR) is 168 cm³/mol. The van der Waals surface area contributed by atoms with Crippen molar-refractivity contribution in [1.29, 1.82) is 0 Å². The third-order valence-electron chi connectivity index (χ3n) is 6.13. The molecule has 1 amide bonds. The van der Waals surface area contributed by atoms with Crippen molar-refractivity contribution in [3.05, 3.63) is 108 Å². The molecule has 39 heavy (non-hydrogen) atoms. The van der Waals surface area contributed by atoms with Crippen LogP contribution in [0, 0.1) is 5.92 Å². The predicted octanol–water partition coefficient (Wildman–Crippen LogP) is 5.78. The summed E-state index contributed by atoms with van der Waals surface area (Å²) in [6.07, 6.45) is 4.03. The molecule has 0 aromatic heterocycles. The standard InChI is InChI=1S/C31H38N2O3S3/c1-37-18-17-28(32)23-39-38-22-27(19-24-11-5-2-6-12-24)30(34)33-29(20-25-13-7-3-8-14-25)31(35)36-21-26-15-9-4-10-16-26/h2-16,27-29H,17-23,32H2,1H3,(H,33,34)/t27-,28+,29?/m1/s1. The molecule has 0 aliphatic carbocycles. The van der Waals surface area contributed by atoms with E-state index in [1.165, 1.54) is 0 Å².